The number of likely N-dealkylation sites (N-methyl/N-ethyl adjacent to an activating group) is 1. The second kappa shape index (κ2) is 6.30. The lowest BCUT2D eigenvalue weighted by Gasteiger charge is -2.49. The van der Waals surface area contributed by atoms with Crippen molar-refractivity contribution in [3.05, 3.63) is 70.9 Å². The van der Waals surface area contributed by atoms with Crippen molar-refractivity contribution in [3.8, 4) is 11.5 Å². The van der Waals surface area contributed by atoms with Crippen LogP contribution in [0.15, 0.2) is 49.0 Å². The minimum absolute atomic E-state index is 0.351. The normalized spacial score (nSPS) is 22.6. The molecule has 0 N–H and O–H groups in total. The van der Waals surface area contributed by atoms with Gasteiger partial charge in [0.1, 0.15) is 6.04 Å². The Balaban J connectivity index is 2.13. The predicted molar refractivity (Wildman–Crippen MR) is 95.9 cm³/mol. The number of hydrogen-bond donors (Lipinski definition) is 0. The molecule has 0 spiro atoms. The Labute approximate surface area is 143 Å². The van der Waals surface area contributed by atoms with Crippen molar-refractivity contribution in [1.82, 2.24) is 0 Å². The Bertz CT molecular complexity index is 753. The minimum atomic E-state index is -0.365. The van der Waals surface area contributed by atoms with Crippen molar-refractivity contribution in [2.45, 2.75) is 12.5 Å². The average Bonchev–Trinajstić information content (AvgIpc) is 2.60. The third-order valence-electron chi connectivity index (χ3n) is 4.79. The molecule has 0 radical (unpaired) electrons. The average molecular weight is 325 g/mol. The summed E-state index contributed by atoms with van der Waals surface area (Å²) < 4.78 is 10.5. The highest BCUT2D eigenvalue weighted by Crippen LogP contribution is 2.45. The maximum Gasteiger partial charge on any atom is 0.161 e. The van der Waals surface area contributed by atoms with Crippen LogP contribution in [0.25, 0.3) is 5.57 Å². The van der Waals surface area contributed by atoms with Crippen molar-refractivity contribution in [1.29, 1.82) is 0 Å². The number of fused-ring (bicyclic) bond motifs is 1. The first-order valence-electron chi connectivity index (χ1n) is 8.03. The number of hydroxylamine groups is 3. The molecule has 0 bridgehead atoms. The van der Waals surface area contributed by atoms with Gasteiger partial charge in [0.2, 0.25) is 0 Å². The number of methoxy groups -OCH3 is 2. The summed E-state index contributed by atoms with van der Waals surface area (Å²) in [7, 11) is 4.96. The fraction of sp³-hybridized carbons (Fsp3) is 0.300. The predicted octanol–water partition coefficient (Wildman–Crippen LogP) is 3.96. The summed E-state index contributed by atoms with van der Waals surface area (Å²) in [6.45, 7) is 4.77. The summed E-state index contributed by atoms with van der Waals surface area (Å²) in [5, 5.41) is 13.2. The van der Waals surface area contributed by atoms with Crippen molar-refractivity contribution in [2.24, 2.45) is 0 Å². The summed E-state index contributed by atoms with van der Waals surface area (Å²) >= 11 is 0. The van der Waals surface area contributed by atoms with Crippen LogP contribution in [-0.2, 0) is 6.42 Å². The van der Waals surface area contributed by atoms with E-state index in [9.17, 15) is 5.21 Å². The molecule has 4 nitrogen and oxygen atoms in total. The van der Waals surface area contributed by atoms with Gasteiger partial charge in [0.25, 0.3) is 0 Å². The van der Waals surface area contributed by atoms with E-state index in [2.05, 4.69) is 6.58 Å². The van der Waals surface area contributed by atoms with E-state index in [1.807, 2.05) is 42.5 Å². The molecule has 2 aromatic rings. The fourth-order valence-electron chi connectivity index (χ4n) is 3.50. The molecule has 0 amide bonds. The molecule has 126 valence electrons. The third-order valence-corrected chi connectivity index (χ3v) is 4.79. The van der Waals surface area contributed by atoms with Crippen LogP contribution in [0, 0.1) is 5.21 Å². The molecule has 1 aliphatic rings. The summed E-state index contributed by atoms with van der Waals surface area (Å²) in [6.07, 6.45) is 0.717. The standard InChI is InChI=1S/C20H23NO3/c1-14(15-8-6-5-7-9-15)20-17-13-19(24-4)18(23-3)12-16(17)10-11-21(20,2)22/h5-9,12-13,20H,1,10-11H2,2-4H3. The highest BCUT2D eigenvalue weighted by molar-refractivity contribution is 5.70. The fourth-order valence-corrected chi connectivity index (χ4v) is 3.50. The first-order valence-corrected chi connectivity index (χ1v) is 8.03. The monoisotopic (exact) mass is 325 g/mol. The van der Waals surface area contributed by atoms with E-state index in [1.165, 1.54) is 0 Å². The van der Waals surface area contributed by atoms with Gasteiger partial charge >= 0.3 is 0 Å². The number of nitrogens with zero attached hydrogens (tertiary/aromatic N) is 1. The Hall–Kier alpha value is -2.30. The van der Waals surface area contributed by atoms with Crippen LogP contribution in [0.2, 0.25) is 0 Å². The summed E-state index contributed by atoms with van der Waals surface area (Å²) in [5.74, 6) is 1.34. The van der Waals surface area contributed by atoms with Gasteiger partial charge in [-0.05, 0) is 23.3 Å². The Morgan fingerprint density at radius 1 is 1.12 bits per heavy atom. The van der Waals surface area contributed by atoms with Gasteiger partial charge in [0, 0.05) is 17.6 Å². The van der Waals surface area contributed by atoms with Crippen LogP contribution in [0.1, 0.15) is 22.7 Å². The van der Waals surface area contributed by atoms with Crippen LogP contribution in [0.3, 0.4) is 0 Å². The zero-order valence-corrected chi connectivity index (χ0v) is 14.4. The molecular weight excluding hydrogens is 302 g/mol. The molecular formula is C20H23NO3. The Morgan fingerprint density at radius 3 is 2.38 bits per heavy atom. The maximum absolute atomic E-state index is 13.2. The lowest BCUT2D eigenvalue weighted by Crippen LogP contribution is -2.46. The van der Waals surface area contributed by atoms with Gasteiger partial charge in [-0.25, -0.2) is 0 Å². The van der Waals surface area contributed by atoms with E-state index in [0.717, 1.165) is 22.3 Å². The zero-order valence-electron chi connectivity index (χ0n) is 14.4. The second-order valence-electron chi connectivity index (χ2n) is 6.35. The van der Waals surface area contributed by atoms with Crippen LogP contribution in [0.4, 0.5) is 0 Å². The van der Waals surface area contributed by atoms with E-state index in [4.69, 9.17) is 9.47 Å². The second-order valence-corrected chi connectivity index (χ2v) is 6.35. The molecule has 3 rings (SSSR count). The van der Waals surface area contributed by atoms with Crippen molar-refractivity contribution < 1.29 is 14.1 Å². The molecule has 0 fully saturated rings. The number of quaternary nitrogens is 1. The van der Waals surface area contributed by atoms with Gasteiger partial charge < -0.3 is 19.3 Å². The lowest BCUT2D eigenvalue weighted by atomic mass is 9.85. The van der Waals surface area contributed by atoms with Crippen LogP contribution >= 0.6 is 0 Å². The molecule has 24 heavy (non-hydrogen) atoms. The number of rotatable bonds is 4. The molecule has 0 aromatic heterocycles. The van der Waals surface area contributed by atoms with Gasteiger partial charge in [0.05, 0.1) is 27.8 Å². The number of ether oxygens (including phenoxy) is 2. The van der Waals surface area contributed by atoms with E-state index >= 15 is 0 Å². The minimum Gasteiger partial charge on any atom is -0.632 e. The molecule has 4 heteroatoms. The largest absolute Gasteiger partial charge is 0.632 e. The third kappa shape index (κ3) is 2.79. The van der Waals surface area contributed by atoms with Crippen molar-refractivity contribution >= 4 is 5.57 Å². The SMILES string of the molecule is C=C(c1ccccc1)C1c2cc(OC)c(OC)cc2CC[N+]1(C)[O-]. The molecule has 0 aliphatic carbocycles. The van der Waals surface area contributed by atoms with Gasteiger partial charge in [-0.3, -0.25) is 0 Å². The molecule has 2 aromatic carbocycles. The Kier molecular flexibility index (Phi) is 4.35. The van der Waals surface area contributed by atoms with E-state index in [-0.39, 0.29) is 10.7 Å². The van der Waals surface area contributed by atoms with E-state index < -0.39 is 0 Å². The van der Waals surface area contributed by atoms with E-state index in [0.29, 0.717) is 24.5 Å². The highest BCUT2D eigenvalue weighted by Gasteiger charge is 2.36. The van der Waals surface area contributed by atoms with E-state index in [1.54, 1.807) is 21.3 Å². The first kappa shape index (κ1) is 16.6. The van der Waals surface area contributed by atoms with Crippen molar-refractivity contribution in [3.63, 3.8) is 0 Å². The summed E-state index contributed by atoms with van der Waals surface area (Å²) in [5.41, 5.74) is 3.93. The van der Waals surface area contributed by atoms with Gasteiger partial charge in [-0.1, -0.05) is 36.9 Å². The zero-order chi connectivity index (χ0) is 17.3. The summed E-state index contributed by atoms with van der Waals surface area (Å²) in [4.78, 5) is 0. The molecule has 0 saturated heterocycles. The van der Waals surface area contributed by atoms with Crippen molar-refractivity contribution in [2.75, 3.05) is 27.8 Å². The highest BCUT2D eigenvalue weighted by atomic mass is 16.5. The molecule has 1 heterocycles. The van der Waals surface area contributed by atoms with Gasteiger partial charge in [0.15, 0.2) is 11.5 Å². The molecule has 2 unspecified atom stereocenters. The Morgan fingerprint density at radius 2 is 1.75 bits per heavy atom. The van der Waals surface area contributed by atoms with Gasteiger partial charge in [-0.2, -0.15) is 0 Å². The van der Waals surface area contributed by atoms with Gasteiger partial charge in [-0.15, -0.1) is 0 Å². The van der Waals surface area contributed by atoms with Crippen LogP contribution in [-0.4, -0.2) is 32.5 Å². The van der Waals surface area contributed by atoms with Crippen LogP contribution < -0.4 is 9.47 Å². The van der Waals surface area contributed by atoms with Crippen LogP contribution in [0.5, 0.6) is 11.5 Å². The maximum atomic E-state index is 13.2. The summed E-state index contributed by atoms with van der Waals surface area (Å²) in [6, 6.07) is 13.5. The smallest absolute Gasteiger partial charge is 0.161 e. The number of hydrogen-bond acceptors (Lipinski definition) is 3. The first-order chi connectivity index (χ1) is 11.5. The lowest BCUT2D eigenvalue weighted by molar-refractivity contribution is -0.885. The topological polar surface area (TPSA) is 41.5 Å². The molecule has 2 atom stereocenters. The quantitative estimate of drug-likeness (QED) is 0.631. The molecule has 0 saturated carbocycles. The molecule has 1 aliphatic heterocycles. The number of benzene rings is 2.